The summed E-state index contributed by atoms with van der Waals surface area (Å²) in [6.07, 6.45) is 1.53. The normalized spacial score (nSPS) is 20.7. The molecule has 0 saturated carbocycles. The predicted molar refractivity (Wildman–Crippen MR) is 54.8 cm³/mol. The Balaban J connectivity index is 2.62. The molecule has 2 heteroatoms. The van der Waals surface area contributed by atoms with E-state index in [2.05, 4.69) is 6.92 Å². The zero-order valence-electron chi connectivity index (χ0n) is 8.50. The van der Waals surface area contributed by atoms with Gasteiger partial charge in [0, 0.05) is 12.0 Å². The van der Waals surface area contributed by atoms with Crippen LogP contribution in [0.4, 0.5) is 0 Å². The van der Waals surface area contributed by atoms with Gasteiger partial charge in [-0.1, -0.05) is 6.92 Å². The van der Waals surface area contributed by atoms with Crippen LogP contribution in [-0.2, 0) is 0 Å². The Hall–Kier alpha value is -1.31. The molecule has 1 aliphatic carbocycles. The molecule has 2 rings (SSSR count). The van der Waals surface area contributed by atoms with Gasteiger partial charge < -0.3 is 5.11 Å². The largest absolute Gasteiger partial charge is 0.508 e. The van der Waals surface area contributed by atoms with Crippen molar-refractivity contribution in [3.8, 4) is 5.75 Å². The highest BCUT2D eigenvalue weighted by Crippen LogP contribution is 2.34. The van der Waals surface area contributed by atoms with Gasteiger partial charge in [-0.25, -0.2) is 0 Å². The third kappa shape index (κ3) is 1.31. The van der Waals surface area contributed by atoms with Crippen LogP contribution in [0.3, 0.4) is 0 Å². The molecule has 0 aromatic heterocycles. The van der Waals surface area contributed by atoms with E-state index in [1.54, 1.807) is 6.07 Å². The monoisotopic (exact) mass is 190 g/mol. The van der Waals surface area contributed by atoms with E-state index in [4.69, 9.17) is 0 Å². The highest BCUT2D eigenvalue weighted by Gasteiger charge is 2.23. The number of ketones is 1. The summed E-state index contributed by atoms with van der Waals surface area (Å²) in [6, 6.07) is 3.55. The fraction of sp³-hybridized carbons (Fsp3) is 0.417. The average molecular weight is 190 g/mol. The summed E-state index contributed by atoms with van der Waals surface area (Å²) in [6.45, 7) is 3.92. The molecule has 0 bridgehead atoms. The Morgan fingerprint density at radius 2 is 2.14 bits per heavy atom. The van der Waals surface area contributed by atoms with Crippen LogP contribution in [0.5, 0.6) is 5.75 Å². The van der Waals surface area contributed by atoms with Crippen LogP contribution in [0.25, 0.3) is 0 Å². The van der Waals surface area contributed by atoms with Crippen molar-refractivity contribution >= 4 is 5.78 Å². The smallest absolute Gasteiger partial charge is 0.163 e. The van der Waals surface area contributed by atoms with E-state index in [1.165, 1.54) is 0 Å². The number of phenolic OH excluding ortho intramolecular Hbond substituents is 1. The Labute approximate surface area is 83.6 Å². The van der Waals surface area contributed by atoms with Gasteiger partial charge in [0.1, 0.15) is 5.75 Å². The van der Waals surface area contributed by atoms with Crippen LogP contribution in [0.1, 0.15) is 47.2 Å². The van der Waals surface area contributed by atoms with E-state index in [9.17, 15) is 9.90 Å². The molecule has 14 heavy (non-hydrogen) atoms. The molecule has 0 fully saturated rings. The Morgan fingerprint density at radius 3 is 2.86 bits per heavy atom. The topological polar surface area (TPSA) is 37.3 Å². The maximum atomic E-state index is 11.6. The molecule has 1 aromatic rings. The second kappa shape index (κ2) is 3.12. The summed E-state index contributed by atoms with van der Waals surface area (Å²) in [5.74, 6) is 0.890. The van der Waals surface area contributed by atoms with Gasteiger partial charge in [-0.15, -0.1) is 0 Å². The highest BCUT2D eigenvalue weighted by molar-refractivity contribution is 5.99. The van der Waals surface area contributed by atoms with Crippen molar-refractivity contribution in [2.45, 2.75) is 32.6 Å². The van der Waals surface area contributed by atoms with Gasteiger partial charge in [-0.2, -0.15) is 0 Å². The molecule has 1 aromatic carbocycles. The third-order valence-electron chi connectivity index (χ3n) is 3.00. The average Bonchev–Trinajstić information content (AvgIpc) is 2.15. The molecule has 2 nitrogen and oxygen atoms in total. The highest BCUT2D eigenvalue weighted by atomic mass is 16.3. The van der Waals surface area contributed by atoms with E-state index in [-0.39, 0.29) is 5.78 Å². The quantitative estimate of drug-likeness (QED) is 0.683. The fourth-order valence-electron chi connectivity index (χ4n) is 2.00. The van der Waals surface area contributed by atoms with Crippen LogP contribution in [0.15, 0.2) is 12.1 Å². The number of Topliss-reactive ketones (excluding diaryl/α,β-unsaturated/α-hetero) is 1. The van der Waals surface area contributed by atoms with Crippen molar-refractivity contribution in [2.75, 3.05) is 0 Å². The minimum absolute atomic E-state index is 0.209. The first-order valence-corrected chi connectivity index (χ1v) is 4.96. The number of hydrogen-bond donors (Lipinski definition) is 1. The van der Waals surface area contributed by atoms with Crippen molar-refractivity contribution in [1.29, 1.82) is 0 Å². The molecule has 0 radical (unpaired) electrons. The number of aryl methyl sites for hydroxylation is 1. The lowest BCUT2D eigenvalue weighted by atomic mass is 9.82. The molecular formula is C12H14O2. The first kappa shape index (κ1) is 9.25. The summed E-state index contributed by atoms with van der Waals surface area (Å²) >= 11 is 0. The Kier molecular flexibility index (Phi) is 2.06. The lowest BCUT2D eigenvalue weighted by molar-refractivity contribution is 0.0968. The van der Waals surface area contributed by atoms with Gasteiger partial charge in [0.05, 0.1) is 0 Å². The van der Waals surface area contributed by atoms with E-state index in [0.717, 1.165) is 23.1 Å². The summed E-state index contributed by atoms with van der Waals surface area (Å²) in [5.41, 5.74) is 2.59. The Bertz CT molecular complexity index is 394. The molecule has 1 N–H and O–H groups in total. The summed E-state index contributed by atoms with van der Waals surface area (Å²) in [4.78, 5) is 11.6. The van der Waals surface area contributed by atoms with Crippen LogP contribution in [0, 0.1) is 6.92 Å². The van der Waals surface area contributed by atoms with Crippen molar-refractivity contribution < 1.29 is 9.90 Å². The number of fused-ring (bicyclic) bond motifs is 1. The molecule has 1 atom stereocenters. The number of aromatic hydroxyl groups is 1. The van der Waals surface area contributed by atoms with Crippen LogP contribution in [-0.4, -0.2) is 10.9 Å². The second-order valence-electron chi connectivity index (χ2n) is 4.09. The van der Waals surface area contributed by atoms with Gasteiger partial charge >= 0.3 is 0 Å². The molecule has 74 valence electrons. The predicted octanol–water partition coefficient (Wildman–Crippen LogP) is 2.78. The molecular weight excluding hydrogens is 176 g/mol. The molecule has 0 amide bonds. The number of hydrogen-bond acceptors (Lipinski definition) is 2. The molecule has 0 unspecified atom stereocenters. The molecule has 0 spiro atoms. The zero-order chi connectivity index (χ0) is 10.3. The maximum Gasteiger partial charge on any atom is 0.163 e. The minimum atomic E-state index is 0.209. The number of rotatable bonds is 0. The molecule has 0 heterocycles. The number of carbonyl (C=O) groups is 1. The van der Waals surface area contributed by atoms with E-state index in [0.29, 0.717) is 18.1 Å². The lowest BCUT2D eigenvalue weighted by Crippen LogP contribution is -2.13. The van der Waals surface area contributed by atoms with Crippen molar-refractivity contribution in [3.05, 3.63) is 28.8 Å². The lowest BCUT2D eigenvalue weighted by Gasteiger charge is -2.22. The van der Waals surface area contributed by atoms with Crippen LogP contribution in [0.2, 0.25) is 0 Å². The number of benzene rings is 1. The number of phenols is 1. The van der Waals surface area contributed by atoms with Gasteiger partial charge in [-0.05, 0) is 42.5 Å². The molecule has 0 saturated heterocycles. The molecule has 1 aliphatic rings. The van der Waals surface area contributed by atoms with E-state index < -0.39 is 0 Å². The third-order valence-corrected chi connectivity index (χ3v) is 3.00. The van der Waals surface area contributed by atoms with Crippen molar-refractivity contribution in [3.63, 3.8) is 0 Å². The van der Waals surface area contributed by atoms with Crippen LogP contribution >= 0.6 is 0 Å². The van der Waals surface area contributed by atoms with Gasteiger partial charge in [0.25, 0.3) is 0 Å². The first-order chi connectivity index (χ1) is 6.59. The van der Waals surface area contributed by atoms with Gasteiger partial charge in [-0.3, -0.25) is 4.79 Å². The molecule has 0 aliphatic heterocycles. The summed E-state index contributed by atoms with van der Waals surface area (Å²) < 4.78 is 0. The summed E-state index contributed by atoms with van der Waals surface area (Å²) in [5, 5.41) is 9.57. The SMILES string of the molecule is Cc1cc2c(cc1O)[C@H](C)CCC2=O. The minimum Gasteiger partial charge on any atom is -0.508 e. The zero-order valence-corrected chi connectivity index (χ0v) is 8.50. The Morgan fingerprint density at radius 1 is 1.43 bits per heavy atom. The number of carbonyl (C=O) groups excluding carboxylic acids is 1. The van der Waals surface area contributed by atoms with Crippen molar-refractivity contribution in [2.24, 2.45) is 0 Å². The summed E-state index contributed by atoms with van der Waals surface area (Å²) in [7, 11) is 0. The van der Waals surface area contributed by atoms with E-state index in [1.807, 2.05) is 13.0 Å². The van der Waals surface area contributed by atoms with Crippen LogP contribution < -0.4 is 0 Å². The standard InChI is InChI=1S/C12H14O2/c1-7-3-4-11(13)10-5-8(2)12(14)6-9(7)10/h5-7,14H,3-4H2,1-2H3/t7-/m1/s1. The van der Waals surface area contributed by atoms with Gasteiger partial charge in [0.15, 0.2) is 5.78 Å². The van der Waals surface area contributed by atoms with Crippen molar-refractivity contribution in [1.82, 2.24) is 0 Å². The van der Waals surface area contributed by atoms with Gasteiger partial charge in [0.2, 0.25) is 0 Å². The fourth-order valence-corrected chi connectivity index (χ4v) is 2.00. The second-order valence-corrected chi connectivity index (χ2v) is 4.09. The first-order valence-electron chi connectivity index (χ1n) is 4.96. The van der Waals surface area contributed by atoms with E-state index >= 15 is 0 Å². The maximum absolute atomic E-state index is 11.6.